The number of aromatic nitrogens is 1. The summed E-state index contributed by atoms with van der Waals surface area (Å²) in [5.74, 6) is 1.80. The highest BCUT2D eigenvalue weighted by Crippen LogP contribution is 2.35. The molecule has 20 heavy (non-hydrogen) atoms. The number of ether oxygens (including phenoxy) is 1. The van der Waals surface area contributed by atoms with Crippen LogP contribution < -0.4 is 15.8 Å². The van der Waals surface area contributed by atoms with E-state index in [1.165, 1.54) is 43.9 Å². The minimum Gasteiger partial charge on any atom is -0.487 e. The summed E-state index contributed by atoms with van der Waals surface area (Å²) >= 11 is 1.38. The third-order valence-electron chi connectivity index (χ3n) is 3.59. The summed E-state index contributed by atoms with van der Waals surface area (Å²) in [6, 6.07) is 0. The summed E-state index contributed by atoms with van der Waals surface area (Å²) in [7, 11) is 0. The van der Waals surface area contributed by atoms with Crippen molar-refractivity contribution in [3.8, 4) is 5.75 Å². The van der Waals surface area contributed by atoms with Gasteiger partial charge in [-0.3, -0.25) is 0 Å². The normalized spacial score (nSPS) is 17.9. The first-order valence-electron chi connectivity index (χ1n) is 7.54. The van der Waals surface area contributed by atoms with E-state index in [9.17, 15) is 0 Å². The molecule has 0 saturated carbocycles. The van der Waals surface area contributed by atoms with Crippen molar-refractivity contribution in [2.75, 3.05) is 43.8 Å². The number of nitrogen functional groups attached to an aromatic ring is 1. The van der Waals surface area contributed by atoms with Crippen molar-refractivity contribution in [3.63, 3.8) is 0 Å². The van der Waals surface area contributed by atoms with Gasteiger partial charge in [0.15, 0.2) is 16.6 Å². The molecule has 0 radical (unpaired) electrons. The van der Waals surface area contributed by atoms with Crippen LogP contribution in [0.15, 0.2) is 0 Å². The van der Waals surface area contributed by atoms with Gasteiger partial charge in [-0.05, 0) is 50.3 Å². The molecule has 3 N–H and O–H groups in total. The molecule has 1 atom stereocenters. The summed E-state index contributed by atoms with van der Waals surface area (Å²) in [4.78, 5) is 2.57. The molecule has 1 aliphatic rings. The number of anilines is 2. The lowest BCUT2D eigenvalue weighted by Crippen LogP contribution is -2.35. The standard InChI is InChI=1S/C14H26N4OS/c1-3-19-12-13(15)17-20-14(12)16-9-11(2)10-18-7-5-4-6-8-18/h11,16H,3-10H2,1-2H3,(H2,15,17). The Balaban J connectivity index is 1.79. The Morgan fingerprint density at radius 3 is 2.85 bits per heavy atom. The summed E-state index contributed by atoms with van der Waals surface area (Å²) in [5, 5.41) is 4.39. The van der Waals surface area contributed by atoms with Crippen molar-refractivity contribution in [2.45, 2.75) is 33.1 Å². The van der Waals surface area contributed by atoms with E-state index in [1.54, 1.807) is 0 Å². The molecule has 6 heteroatoms. The lowest BCUT2D eigenvalue weighted by atomic mass is 10.1. The van der Waals surface area contributed by atoms with Crippen LogP contribution in [0.1, 0.15) is 33.1 Å². The second-order valence-electron chi connectivity index (χ2n) is 5.51. The van der Waals surface area contributed by atoms with Crippen LogP contribution in [0.5, 0.6) is 5.75 Å². The van der Waals surface area contributed by atoms with Gasteiger partial charge in [-0.1, -0.05) is 13.3 Å². The van der Waals surface area contributed by atoms with E-state index in [1.807, 2.05) is 6.92 Å². The minimum atomic E-state index is 0.489. The highest BCUT2D eigenvalue weighted by atomic mass is 32.1. The fraction of sp³-hybridized carbons (Fsp3) is 0.786. The van der Waals surface area contributed by atoms with E-state index in [0.29, 0.717) is 24.1 Å². The number of nitrogens with zero attached hydrogens (tertiary/aromatic N) is 2. The molecule has 1 aromatic heterocycles. The second kappa shape index (κ2) is 7.69. The molecule has 1 unspecified atom stereocenters. The van der Waals surface area contributed by atoms with Crippen LogP contribution in [0.25, 0.3) is 0 Å². The van der Waals surface area contributed by atoms with E-state index in [-0.39, 0.29) is 0 Å². The maximum atomic E-state index is 5.81. The third kappa shape index (κ3) is 4.24. The van der Waals surface area contributed by atoms with Crippen LogP contribution in [0, 0.1) is 5.92 Å². The Morgan fingerprint density at radius 1 is 1.40 bits per heavy atom. The van der Waals surface area contributed by atoms with Crippen molar-refractivity contribution in [2.24, 2.45) is 5.92 Å². The van der Waals surface area contributed by atoms with Crippen LogP contribution >= 0.6 is 11.5 Å². The van der Waals surface area contributed by atoms with Crippen LogP contribution in [0.2, 0.25) is 0 Å². The Morgan fingerprint density at radius 2 is 2.15 bits per heavy atom. The molecule has 1 saturated heterocycles. The molecule has 0 bridgehead atoms. The zero-order valence-electron chi connectivity index (χ0n) is 12.5. The first-order chi connectivity index (χ1) is 9.70. The van der Waals surface area contributed by atoms with E-state index < -0.39 is 0 Å². The molecule has 0 spiro atoms. The van der Waals surface area contributed by atoms with Crippen LogP contribution in [-0.2, 0) is 0 Å². The van der Waals surface area contributed by atoms with Crippen molar-refractivity contribution in [3.05, 3.63) is 0 Å². The van der Waals surface area contributed by atoms with Gasteiger partial charge in [0.05, 0.1) is 6.61 Å². The molecule has 0 amide bonds. The lowest BCUT2D eigenvalue weighted by Gasteiger charge is -2.29. The monoisotopic (exact) mass is 298 g/mol. The Bertz CT molecular complexity index is 404. The molecular formula is C14H26N4OS. The molecule has 5 nitrogen and oxygen atoms in total. The van der Waals surface area contributed by atoms with Crippen LogP contribution in [-0.4, -0.2) is 42.1 Å². The Labute approximate surface area is 125 Å². The van der Waals surface area contributed by atoms with Crippen LogP contribution in [0.3, 0.4) is 0 Å². The fourth-order valence-electron chi connectivity index (χ4n) is 2.60. The first kappa shape index (κ1) is 15.4. The number of nitrogens with two attached hydrogens (primary N) is 1. The SMILES string of the molecule is CCOc1c(N)nsc1NCC(C)CN1CCCCC1. The predicted molar refractivity (Wildman–Crippen MR) is 85.6 cm³/mol. The highest BCUT2D eigenvalue weighted by molar-refractivity contribution is 7.11. The second-order valence-corrected chi connectivity index (χ2v) is 6.28. The number of piperidine rings is 1. The van der Waals surface area contributed by atoms with Gasteiger partial charge in [0, 0.05) is 13.1 Å². The smallest absolute Gasteiger partial charge is 0.197 e. The van der Waals surface area contributed by atoms with E-state index >= 15 is 0 Å². The molecule has 1 aromatic rings. The highest BCUT2D eigenvalue weighted by Gasteiger charge is 2.16. The number of likely N-dealkylation sites (tertiary alicyclic amines) is 1. The molecule has 1 fully saturated rings. The number of nitrogens with one attached hydrogen (secondary N) is 1. The van der Waals surface area contributed by atoms with Crippen molar-refractivity contribution >= 4 is 22.4 Å². The molecule has 2 rings (SSSR count). The molecule has 0 aliphatic carbocycles. The van der Waals surface area contributed by atoms with Gasteiger partial charge >= 0.3 is 0 Å². The first-order valence-corrected chi connectivity index (χ1v) is 8.32. The minimum absolute atomic E-state index is 0.489. The Hall–Kier alpha value is -1.01. The predicted octanol–water partition coefficient (Wildman–Crippen LogP) is 2.66. The zero-order valence-corrected chi connectivity index (χ0v) is 13.3. The molecular weight excluding hydrogens is 272 g/mol. The number of rotatable bonds is 7. The van der Waals surface area contributed by atoms with Gasteiger partial charge in [0.25, 0.3) is 0 Å². The van der Waals surface area contributed by atoms with Gasteiger partial charge in [0.1, 0.15) is 0 Å². The summed E-state index contributed by atoms with van der Waals surface area (Å²) < 4.78 is 9.69. The average molecular weight is 298 g/mol. The topological polar surface area (TPSA) is 63.4 Å². The Kier molecular flexibility index (Phi) is 5.91. The third-order valence-corrected chi connectivity index (χ3v) is 4.39. The van der Waals surface area contributed by atoms with Gasteiger partial charge in [-0.15, -0.1) is 0 Å². The van der Waals surface area contributed by atoms with Crippen LogP contribution in [0.4, 0.5) is 10.8 Å². The number of hydrogen-bond acceptors (Lipinski definition) is 6. The van der Waals surface area contributed by atoms with Crippen molar-refractivity contribution in [1.82, 2.24) is 9.27 Å². The summed E-state index contributed by atoms with van der Waals surface area (Å²) in [6.45, 7) is 9.44. The molecule has 114 valence electrons. The lowest BCUT2D eigenvalue weighted by molar-refractivity contribution is 0.204. The number of hydrogen-bond donors (Lipinski definition) is 2. The molecule has 2 heterocycles. The fourth-order valence-corrected chi connectivity index (χ4v) is 3.27. The largest absolute Gasteiger partial charge is 0.487 e. The zero-order chi connectivity index (χ0) is 14.4. The van der Waals surface area contributed by atoms with E-state index in [0.717, 1.165) is 18.1 Å². The van der Waals surface area contributed by atoms with Crippen molar-refractivity contribution in [1.29, 1.82) is 0 Å². The molecule has 0 aromatic carbocycles. The van der Waals surface area contributed by atoms with Gasteiger partial charge < -0.3 is 20.7 Å². The summed E-state index contributed by atoms with van der Waals surface area (Å²) in [5.41, 5.74) is 5.81. The van der Waals surface area contributed by atoms with E-state index in [4.69, 9.17) is 10.5 Å². The van der Waals surface area contributed by atoms with Gasteiger partial charge in [-0.2, -0.15) is 4.37 Å². The molecule has 1 aliphatic heterocycles. The van der Waals surface area contributed by atoms with Gasteiger partial charge in [0.2, 0.25) is 0 Å². The van der Waals surface area contributed by atoms with E-state index in [2.05, 4.69) is 21.5 Å². The quantitative estimate of drug-likeness (QED) is 0.810. The maximum absolute atomic E-state index is 5.81. The maximum Gasteiger partial charge on any atom is 0.197 e. The average Bonchev–Trinajstić information content (AvgIpc) is 2.79. The summed E-state index contributed by atoms with van der Waals surface area (Å²) in [6.07, 6.45) is 4.08. The van der Waals surface area contributed by atoms with Gasteiger partial charge in [-0.25, -0.2) is 0 Å². The van der Waals surface area contributed by atoms with Crippen molar-refractivity contribution < 1.29 is 4.74 Å².